The molecular formula is C12H16N2O. The molecule has 3 nitrogen and oxygen atoms in total. The molecule has 80 valence electrons. The zero-order chi connectivity index (χ0) is 10.7. The highest BCUT2D eigenvalue weighted by molar-refractivity contribution is 5.82. The fraction of sp³-hybridized carbons (Fsp3) is 0.417. The molecule has 0 spiro atoms. The number of nitrogens with one attached hydrogen (secondary N) is 2. The van der Waals surface area contributed by atoms with Gasteiger partial charge in [0, 0.05) is 12.6 Å². The lowest BCUT2D eigenvalue weighted by Gasteiger charge is -2.28. The van der Waals surface area contributed by atoms with Gasteiger partial charge in [-0.05, 0) is 18.9 Å². The average molecular weight is 204 g/mol. The molecule has 1 saturated heterocycles. The van der Waals surface area contributed by atoms with Crippen LogP contribution in [0.5, 0.6) is 0 Å². The summed E-state index contributed by atoms with van der Waals surface area (Å²) in [5.74, 6) is 0.0966. The van der Waals surface area contributed by atoms with Crippen molar-refractivity contribution in [2.24, 2.45) is 0 Å². The molecule has 2 unspecified atom stereocenters. The Labute approximate surface area is 89.9 Å². The molecule has 0 aliphatic carbocycles. The maximum atomic E-state index is 11.2. The van der Waals surface area contributed by atoms with Gasteiger partial charge in [-0.3, -0.25) is 4.79 Å². The number of amides is 1. The van der Waals surface area contributed by atoms with Crippen LogP contribution in [0.15, 0.2) is 30.3 Å². The molecule has 1 fully saturated rings. The summed E-state index contributed by atoms with van der Waals surface area (Å²) in [4.78, 5) is 11.2. The second kappa shape index (κ2) is 4.45. The number of hydrogen-bond acceptors (Lipinski definition) is 2. The molecule has 0 saturated carbocycles. The molecular weight excluding hydrogens is 188 g/mol. The molecule has 1 aliphatic rings. The lowest BCUT2D eigenvalue weighted by Crippen LogP contribution is -2.57. The molecule has 1 aliphatic heterocycles. The van der Waals surface area contributed by atoms with E-state index in [0.717, 1.165) is 13.0 Å². The summed E-state index contributed by atoms with van der Waals surface area (Å²) in [5.41, 5.74) is 1.30. The largest absolute Gasteiger partial charge is 0.353 e. The third kappa shape index (κ3) is 2.57. The van der Waals surface area contributed by atoms with E-state index in [0.29, 0.717) is 6.04 Å². The van der Waals surface area contributed by atoms with Gasteiger partial charge in [0.15, 0.2) is 0 Å². The maximum Gasteiger partial charge on any atom is 0.236 e. The first-order chi connectivity index (χ1) is 7.25. The van der Waals surface area contributed by atoms with E-state index in [1.54, 1.807) is 0 Å². The Hall–Kier alpha value is -1.35. The predicted octanol–water partition coefficient (Wildman–Crippen LogP) is 0.706. The molecule has 1 aromatic carbocycles. The van der Waals surface area contributed by atoms with Crippen molar-refractivity contribution in [2.75, 3.05) is 6.54 Å². The first kappa shape index (κ1) is 10.2. The van der Waals surface area contributed by atoms with Gasteiger partial charge in [-0.15, -0.1) is 0 Å². The fourth-order valence-corrected chi connectivity index (χ4v) is 1.89. The highest BCUT2D eigenvalue weighted by Gasteiger charge is 2.23. The van der Waals surface area contributed by atoms with Crippen LogP contribution in [-0.4, -0.2) is 24.5 Å². The van der Waals surface area contributed by atoms with Gasteiger partial charge < -0.3 is 10.6 Å². The summed E-state index contributed by atoms with van der Waals surface area (Å²) in [5, 5.41) is 6.20. The second-order valence-electron chi connectivity index (χ2n) is 4.02. The fourth-order valence-electron chi connectivity index (χ4n) is 1.89. The molecule has 3 heteroatoms. The third-order valence-electron chi connectivity index (χ3n) is 2.73. The van der Waals surface area contributed by atoms with Crippen LogP contribution in [-0.2, 0) is 11.2 Å². The highest BCUT2D eigenvalue weighted by Crippen LogP contribution is 2.05. The van der Waals surface area contributed by atoms with E-state index in [1.807, 2.05) is 25.1 Å². The van der Waals surface area contributed by atoms with Gasteiger partial charge in [0.05, 0.1) is 6.04 Å². The number of carbonyl (C=O) groups is 1. The molecule has 0 radical (unpaired) electrons. The quantitative estimate of drug-likeness (QED) is 0.744. The van der Waals surface area contributed by atoms with Crippen LogP contribution < -0.4 is 10.6 Å². The molecule has 2 atom stereocenters. The molecule has 0 aromatic heterocycles. The van der Waals surface area contributed by atoms with Crippen molar-refractivity contribution < 1.29 is 4.79 Å². The van der Waals surface area contributed by atoms with Crippen molar-refractivity contribution in [2.45, 2.75) is 25.4 Å². The summed E-state index contributed by atoms with van der Waals surface area (Å²) in [6, 6.07) is 10.6. The summed E-state index contributed by atoms with van der Waals surface area (Å²) >= 11 is 0. The first-order valence-electron chi connectivity index (χ1n) is 5.33. The number of piperazine rings is 1. The number of benzene rings is 1. The SMILES string of the molecule is CC1NC(Cc2ccccc2)CNC1=O. The van der Waals surface area contributed by atoms with Crippen LogP contribution in [0.4, 0.5) is 0 Å². The number of hydrogen-bond donors (Lipinski definition) is 2. The minimum atomic E-state index is -0.0764. The summed E-state index contributed by atoms with van der Waals surface area (Å²) in [6.45, 7) is 2.62. The van der Waals surface area contributed by atoms with Crippen LogP contribution in [0.2, 0.25) is 0 Å². The smallest absolute Gasteiger partial charge is 0.236 e. The van der Waals surface area contributed by atoms with E-state index >= 15 is 0 Å². The molecule has 1 amide bonds. The van der Waals surface area contributed by atoms with Crippen molar-refractivity contribution in [1.82, 2.24) is 10.6 Å². The minimum Gasteiger partial charge on any atom is -0.353 e. The Kier molecular flexibility index (Phi) is 3.02. The molecule has 1 aromatic rings. The van der Waals surface area contributed by atoms with Gasteiger partial charge in [-0.1, -0.05) is 30.3 Å². The Morgan fingerprint density at radius 2 is 2.07 bits per heavy atom. The Bertz CT molecular complexity index is 337. The molecule has 2 rings (SSSR count). The highest BCUT2D eigenvalue weighted by atomic mass is 16.2. The molecule has 2 N–H and O–H groups in total. The zero-order valence-corrected chi connectivity index (χ0v) is 8.86. The van der Waals surface area contributed by atoms with Crippen molar-refractivity contribution in [3.63, 3.8) is 0 Å². The Morgan fingerprint density at radius 3 is 2.73 bits per heavy atom. The summed E-state index contributed by atoms with van der Waals surface area (Å²) in [6.07, 6.45) is 0.964. The van der Waals surface area contributed by atoms with Crippen LogP contribution >= 0.6 is 0 Å². The van der Waals surface area contributed by atoms with Crippen LogP contribution in [0.3, 0.4) is 0 Å². The second-order valence-corrected chi connectivity index (χ2v) is 4.02. The van der Waals surface area contributed by atoms with E-state index in [4.69, 9.17) is 0 Å². The van der Waals surface area contributed by atoms with E-state index in [2.05, 4.69) is 22.8 Å². The third-order valence-corrected chi connectivity index (χ3v) is 2.73. The lowest BCUT2D eigenvalue weighted by molar-refractivity contribution is -0.124. The Balaban J connectivity index is 1.94. The zero-order valence-electron chi connectivity index (χ0n) is 8.86. The van der Waals surface area contributed by atoms with Crippen LogP contribution in [0.1, 0.15) is 12.5 Å². The predicted molar refractivity (Wildman–Crippen MR) is 59.5 cm³/mol. The average Bonchev–Trinajstić information content (AvgIpc) is 2.25. The number of rotatable bonds is 2. The minimum absolute atomic E-state index is 0.0764. The summed E-state index contributed by atoms with van der Waals surface area (Å²) < 4.78 is 0. The van der Waals surface area contributed by atoms with Crippen molar-refractivity contribution in [3.8, 4) is 0 Å². The number of carbonyl (C=O) groups excluding carboxylic acids is 1. The van der Waals surface area contributed by atoms with E-state index in [9.17, 15) is 4.79 Å². The van der Waals surface area contributed by atoms with Gasteiger partial charge in [0.2, 0.25) is 5.91 Å². The molecule has 0 bridgehead atoms. The summed E-state index contributed by atoms with van der Waals surface area (Å²) in [7, 11) is 0. The van der Waals surface area contributed by atoms with E-state index < -0.39 is 0 Å². The van der Waals surface area contributed by atoms with Crippen molar-refractivity contribution >= 4 is 5.91 Å². The molecule has 1 heterocycles. The lowest BCUT2D eigenvalue weighted by atomic mass is 10.0. The van der Waals surface area contributed by atoms with Gasteiger partial charge in [-0.2, -0.15) is 0 Å². The first-order valence-corrected chi connectivity index (χ1v) is 5.33. The maximum absolute atomic E-state index is 11.2. The topological polar surface area (TPSA) is 41.1 Å². The van der Waals surface area contributed by atoms with Crippen molar-refractivity contribution in [3.05, 3.63) is 35.9 Å². The van der Waals surface area contributed by atoms with Crippen LogP contribution in [0.25, 0.3) is 0 Å². The normalized spacial score (nSPS) is 26.1. The van der Waals surface area contributed by atoms with E-state index in [-0.39, 0.29) is 11.9 Å². The standard InChI is InChI=1S/C12H16N2O/c1-9-12(15)13-8-11(14-9)7-10-5-3-2-4-6-10/h2-6,9,11,14H,7-8H2,1H3,(H,13,15). The van der Waals surface area contributed by atoms with Gasteiger partial charge in [0.1, 0.15) is 0 Å². The monoisotopic (exact) mass is 204 g/mol. The van der Waals surface area contributed by atoms with Gasteiger partial charge >= 0.3 is 0 Å². The van der Waals surface area contributed by atoms with Gasteiger partial charge in [0.25, 0.3) is 0 Å². The molecule has 15 heavy (non-hydrogen) atoms. The van der Waals surface area contributed by atoms with Crippen molar-refractivity contribution in [1.29, 1.82) is 0 Å². The van der Waals surface area contributed by atoms with E-state index in [1.165, 1.54) is 5.56 Å². The Morgan fingerprint density at radius 1 is 1.33 bits per heavy atom. The van der Waals surface area contributed by atoms with Gasteiger partial charge in [-0.25, -0.2) is 0 Å². The van der Waals surface area contributed by atoms with Crippen LogP contribution in [0, 0.1) is 0 Å².